The van der Waals surface area contributed by atoms with Crippen LogP contribution in [0.4, 0.5) is 0 Å². The fraction of sp³-hybridized carbons (Fsp3) is 0.273. The standard InChI is InChI=1S/C11H13O3P/c1-7-4-8(2)10(9(3)5-7)11(13)15(14)6-12/h4-6,14H,1-3H3. The molecule has 1 atom stereocenters. The van der Waals surface area contributed by atoms with E-state index in [2.05, 4.69) is 0 Å². The van der Waals surface area contributed by atoms with Crippen LogP contribution in [0.1, 0.15) is 27.0 Å². The van der Waals surface area contributed by atoms with Gasteiger partial charge in [-0.2, -0.15) is 0 Å². The Morgan fingerprint density at radius 3 is 2.13 bits per heavy atom. The molecular formula is C11H13O3P. The number of hydrogen-bond acceptors (Lipinski definition) is 3. The molecule has 0 bridgehead atoms. The molecule has 1 aromatic carbocycles. The van der Waals surface area contributed by atoms with Gasteiger partial charge in [-0.15, -0.1) is 0 Å². The normalized spacial score (nSPS) is 12.3. The summed E-state index contributed by atoms with van der Waals surface area (Å²) >= 11 is 0. The molecule has 1 aromatic rings. The Morgan fingerprint density at radius 1 is 1.27 bits per heavy atom. The lowest BCUT2D eigenvalue weighted by Crippen LogP contribution is -2.03. The van der Waals surface area contributed by atoms with Crippen LogP contribution < -0.4 is 0 Å². The average molecular weight is 224 g/mol. The minimum absolute atomic E-state index is 0.316. The van der Waals surface area contributed by atoms with Gasteiger partial charge in [0.25, 0.3) is 0 Å². The van der Waals surface area contributed by atoms with Gasteiger partial charge in [-0.1, -0.05) is 17.7 Å². The number of carbonyl (C=O) groups is 2. The predicted octanol–water partition coefficient (Wildman–Crippen LogP) is 2.33. The van der Waals surface area contributed by atoms with E-state index in [9.17, 15) is 14.5 Å². The van der Waals surface area contributed by atoms with Crippen LogP contribution in [0.2, 0.25) is 0 Å². The first-order valence-electron chi connectivity index (χ1n) is 4.53. The second-order valence-corrected chi connectivity index (χ2v) is 4.83. The van der Waals surface area contributed by atoms with Crippen LogP contribution in [0.5, 0.6) is 0 Å². The summed E-state index contributed by atoms with van der Waals surface area (Å²) in [6.45, 7) is 5.55. The van der Waals surface area contributed by atoms with Gasteiger partial charge in [0.05, 0.1) is 0 Å². The van der Waals surface area contributed by atoms with Crippen molar-refractivity contribution in [3.63, 3.8) is 0 Å². The molecule has 15 heavy (non-hydrogen) atoms. The summed E-state index contributed by atoms with van der Waals surface area (Å²) in [5, 5.41) is 0. The largest absolute Gasteiger partial charge is 0.360 e. The number of benzene rings is 1. The summed E-state index contributed by atoms with van der Waals surface area (Å²) in [7, 11) is -2.18. The number of rotatable bonds is 3. The molecule has 1 rings (SSSR count). The highest BCUT2D eigenvalue weighted by Crippen LogP contribution is 2.33. The molecule has 1 N–H and O–H groups in total. The molecule has 0 saturated heterocycles. The monoisotopic (exact) mass is 224 g/mol. The van der Waals surface area contributed by atoms with E-state index in [-0.39, 0.29) is 0 Å². The summed E-state index contributed by atoms with van der Waals surface area (Å²) in [5.74, 6) is 0. The van der Waals surface area contributed by atoms with E-state index in [1.165, 1.54) is 0 Å². The molecule has 80 valence electrons. The minimum atomic E-state index is -2.18. The molecule has 0 spiro atoms. The highest BCUT2D eigenvalue weighted by Gasteiger charge is 2.20. The smallest absolute Gasteiger partial charge is 0.219 e. The van der Waals surface area contributed by atoms with Gasteiger partial charge in [-0.25, -0.2) is 0 Å². The first kappa shape index (κ1) is 12.0. The molecule has 0 aliphatic carbocycles. The third-order valence-electron chi connectivity index (χ3n) is 2.20. The fourth-order valence-corrected chi connectivity index (χ4v) is 2.36. The quantitative estimate of drug-likeness (QED) is 0.633. The summed E-state index contributed by atoms with van der Waals surface area (Å²) in [6.07, 6.45) is 0. The van der Waals surface area contributed by atoms with E-state index in [4.69, 9.17) is 0 Å². The van der Waals surface area contributed by atoms with Gasteiger partial charge < -0.3 is 4.89 Å². The molecule has 0 fully saturated rings. The zero-order valence-corrected chi connectivity index (χ0v) is 9.84. The minimum Gasteiger partial charge on any atom is -0.360 e. The van der Waals surface area contributed by atoms with Crippen LogP contribution in [-0.2, 0) is 4.79 Å². The molecule has 0 aromatic heterocycles. The molecule has 0 amide bonds. The maximum Gasteiger partial charge on any atom is 0.219 e. The first-order valence-corrected chi connectivity index (χ1v) is 5.89. The van der Waals surface area contributed by atoms with Crippen LogP contribution in [0, 0.1) is 20.8 Å². The Bertz CT molecular complexity index is 389. The summed E-state index contributed by atoms with van der Waals surface area (Å²) in [5.41, 5.74) is 2.69. The number of aryl methyl sites for hydroxylation is 3. The van der Waals surface area contributed by atoms with Gasteiger partial charge >= 0.3 is 0 Å². The van der Waals surface area contributed by atoms with Crippen molar-refractivity contribution in [2.45, 2.75) is 20.8 Å². The molecule has 0 heterocycles. The Balaban J connectivity index is 3.25. The lowest BCUT2D eigenvalue weighted by atomic mass is 10.0. The van der Waals surface area contributed by atoms with Crippen LogP contribution >= 0.6 is 8.15 Å². The van der Waals surface area contributed by atoms with Gasteiger partial charge in [-0.3, -0.25) is 9.59 Å². The maximum atomic E-state index is 11.7. The third kappa shape index (κ3) is 2.49. The molecule has 0 saturated carbocycles. The van der Waals surface area contributed by atoms with Gasteiger partial charge in [0, 0.05) is 5.56 Å². The van der Waals surface area contributed by atoms with Crippen molar-refractivity contribution in [2.24, 2.45) is 0 Å². The third-order valence-corrected chi connectivity index (χ3v) is 3.04. The van der Waals surface area contributed by atoms with E-state index in [1.807, 2.05) is 19.1 Å². The lowest BCUT2D eigenvalue weighted by Gasteiger charge is -2.10. The van der Waals surface area contributed by atoms with E-state index in [0.717, 1.165) is 16.7 Å². The van der Waals surface area contributed by atoms with Crippen molar-refractivity contribution in [1.29, 1.82) is 0 Å². The van der Waals surface area contributed by atoms with E-state index >= 15 is 0 Å². The number of carbonyl (C=O) groups excluding carboxylic acids is 2. The van der Waals surface area contributed by atoms with Crippen LogP contribution in [0.3, 0.4) is 0 Å². The van der Waals surface area contributed by atoms with E-state index in [1.54, 1.807) is 13.8 Å². The van der Waals surface area contributed by atoms with Gasteiger partial charge in [0.15, 0.2) is 14.2 Å². The Hall–Kier alpha value is -1.05. The summed E-state index contributed by atoms with van der Waals surface area (Å²) < 4.78 is 0. The molecule has 4 heteroatoms. The second kappa shape index (κ2) is 4.65. The zero-order chi connectivity index (χ0) is 11.6. The van der Waals surface area contributed by atoms with Crippen molar-refractivity contribution in [3.8, 4) is 0 Å². The van der Waals surface area contributed by atoms with Gasteiger partial charge in [-0.05, 0) is 31.9 Å². The van der Waals surface area contributed by atoms with Gasteiger partial charge in [0.2, 0.25) is 5.52 Å². The van der Waals surface area contributed by atoms with Crippen LogP contribution in [0.15, 0.2) is 12.1 Å². The maximum absolute atomic E-state index is 11.7. The summed E-state index contributed by atoms with van der Waals surface area (Å²) in [4.78, 5) is 31.3. The fourth-order valence-electron chi connectivity index (χ4n) is 1.68. The number of hydrogen-bond donors (Lipinski definition) is 1. The summed E-state index contributed by atoms with van der Waals surface area (Å²) in [6, 6.07) is 4.05. The van der Waals surface area contributed by atoms with E-state index < -0.39 is 13.7 Å². The molecule has 0 aliphatic rings. The Kier molecular flexibility index (Phi) is 3.72. The first-order chi connectivity index (χ1) is 6.97. The average Bonchev–Trinajstić information content (AvgIpc) is 2.14. The predicted molar refractivity (Wildman–Crippen MR) is 60.9 cm³/mol. The van der Waals surface area contributed by atoms with E-state index in [0.29, 0.717) is 11.6 Å². The molecule has 0 radical (unpaired) electrons. The lowest BCUT2D eigenvalue weighted by molar-refractivity contribution is 0.107. The SMILES string of the molecule is Cc1cc(C)c(C(=O)P(O)C=O)c(C)c1. The van der Waals surface area contributed by atoms with Crippen molar-refractivity contribution in [1.82, 2.24) is 0 Å². The highest BCUT2D eigenvalue weighted by atomic mass is 31.1. The molecule has 1 unspecified atom stereocenters. The van der Waals surface area contributed by atoms with Gasteiger partial charge in [0.1, 0.15) is 0 Å². The van der Waals surface area contributed by atoms with Crippen molar-refractivity contribution < 1.29 is 14.5 Å². The van der Waals surface area contributed by atoms with Crippen molar-refractivity contribution >= 4 is 19.7 Å². The molecular weight excluding hydrogens is 211 g/mol. The zero-order valence-electron chi connectivity index (χ0n) is 8.94. The van der Waals surface area contributed by atoms with Crippen LogP contribution in [0.25, 0.3) is 0 Å². The highest BCUT2D eigenvalue weighted by molar-refractivity contribution is 7.83. The molecule has 0 aliphatic heterocycles. The van der Waals surface area contributed by atoms with Crippen molar-refractivity contribution in [3.05, 3.63) is 34.4 Å². The topological polar surface area (TPSA) is 54.4 Å². The van der Waals surface area contributed by atoms with Crippen molar-refractivity contribution in [2.75, 3.05) is 0 Å². The Labute approximate surface area is 90.0 Å². The van der Waals surface area contributed by atoms with Crippen LogP contribution in [-0.4, -0.2) is 16.4 Å². The Morgan fingerprint density at radius 2 is 1.73 bits per heavy atom. The second-order valence-electron chi connectivity index (χ2n) is 3.53. The molecule has 3 nitrogen and oxygen atoms in total.